The molecule has 2 nitrogen and oxygen atoms in total. The van der Waals surface area contributed by atoms with Gasteiger partial charge in [0.05, 0.1) is 13.7 Å². The lowest BCUT2D eigenvalue weighted by atomic mass is 9.85. The highest BCUT2D eigenvalue weighted by molar-refractivity contribution is 5.48. The number of ether oxygens (including phenoxy) is 2. The lowest BCUT2D eigenvalue weighted by Gasteiger charge is -2.32. The first kappa shape index (κ1) is 13.9. The van der Waals surface area contributed by atoms with Gasteiger partial charge in [0.25, 0.3) is 0 Å². The Bertz CT molecular complexity index is 652. The van der Waals surface area contributed by atoms with Gasteiger partial charge in [0, 0.05) is 5.56 Å². The summed E-state index contributed by atoms with van der Waals surface area (Å²) in [7, 11) is 1.48. The quantitative estimate of drug-likeness (QED) is 0.832. The van der Waals surface area contributed by atoms with E-state index in [1.165, 1.54) is 31.4 Å². The predicted molar refractivity (Wildman–Crippen MR) is 71.1 cm³/mol. The highest BCUT2D eigenvalue weighted by Crippen LogP contribution is 2.52. The Balaban J connectivity index is 2.23. The molecule has 0 radical (unpaired) electrons. The van der Waals surface area contributed by atoms with E-state index in [2.05, 4.69) is 0 Å². The van der Waals surface area contributed by atoms with Crippen molar-refractivity contribution in [1.29, 1.82) is 0 Å². The van der Waals surface area contributed by atoms with Gasteiger partial charge in [-0.05, 0) is 23.3 Å². The van der Waals surface area contributed by atoms with Crippen molar-refractivity contribution >= 4 is 0 Å². The third kappa shape index (κ3) is 2.00. The summed E-state index contributed by atoms with van der Waals surface area (Å²) in [5.74, 6) is 0.517. The highest BCUT2D eigenvalue weighted by Gasteiger charge is 2.61. The van der Waals surface area contributed by atoms with Gasteiger partial charge in [0.15, 0.2) is 0 Å². The molecule has 0 saturated heterocycles. The van der Waals surface area contributed by atoms with E-state index in [0.29, 0.717) is 11.3 Å². The molecule has 0 amide bonds. The summed E-state index contributed by atoms with van der Waals surface area (Å²) in [5.41, 5.74) is -1.70. The number of methoxy groups -OCH3 is 1. The van der Waals surface area contributed by atoms with Crippen LogP contribution in [0.15, 0.2) is 48.5 Å². The molecule has 0 spiro atoms. The summed E-state index contributed by atoms with van der Waals surface area (Å²) in [6.45, 7) is -0.0963. The zero-order valence-electron chi connectivity index (χ0n) is 11.3. The molecular formula is C16H13F3O2. The van der Waals surface area contributed by atoms with Crippen molar-refractivity contribution in [3.8, 4) is 5.75 Å². The first-order valence-electron chi connectivity index (χ1n) is 6.42. The Labute approximate surface area is 120 Å². The predicted octanol–water partition coefficient (Wildman–Crippen LogP) is 4.03. The van der Waals surface area contributed by atoms with E-state index < -0.39 is 11.8 Å². The maximum atomic E-state index is 13.8. The van der Waals surface area contributed by atoms with Gasteiger partial charge >= 0.3 is 6.18 Å². The van der Waals surface area contributed by atoms with Crippen LogP contribution in [-0.4, -0.2) is 13.3 Å². The number of hydrogen-bond acceptors (Lipinski definition) is 2. The molecule has 0 bridgehead atoms. The molecule has 1 atom stereocenters. The average molecular weight is 294 g/mol. The summed E-state index contributed by atoms with van der Waals surface area (Å²) >= 11 is 0. The molecule has 110 valence electrons. The third-order valence-corrected chi connectivity index (χ3v) is 3.72. The largest absolute Gasteiger partial charge is 0.497 e. The Morgan fingerprint density at radius 3 is 2.43 bits per heavy atom. The maximum Gasteiger partial charge on any atom is 0.426 e. The van der Waals surface area contributed by atoms with Crippen molar-refractivity contribution in [2.24, 2.45) is 0 Å². The van der Waals surface area contributed by atoms with Gasteiger partial charge in [-0.1, -0.05) is 36.4 Å². The second-order valence-corrected chi connectivity index (χ2v) is 4.86. The standard InChI is InChI=1S/C16H13F3O2/c1-20-13-7-8-14-11(9-13)10-21-15(14,16(17,18)19)12-5-3-2-4-6-12/h2-9H,10H2,1H3. The smallest absolute Gasteiger partial charge is 0.426 e. The van der Waals surface area contributed by atoms with Crippen molar-refractivity contribution in [2.75, 3.05) is 7.11 Å². The van der Waals surface area contributed by atoms with Crippen LogP contribution in [0.4, 0.5) is 13.2 Å². The van der Waals surface area contributed by atoms with E-state index in [1.807, 2.05) is 0 Å². The second kappa shape index (κ2) is 4.77. The minimum Gasteiger partial charge on any atom is -0.497 e. The van der Waals surface area contributed by atoms with Crippen LogP contribution in [0.3, 0.4) is 0 Å². The molecule has 1 aliphatic rings. The van der Waals surface area contributed by atoms with Crippen molar-refractivity contribution in [2.45, 2.75) is 18.4 Å². The van der Waals surface area contributed by atoms with Crippen molar-refractivity contribution in [3.63, 3.8) is 0 Å². The summed E-state index contributed by atoms with van der Waals surface area (Å²) in [6, 6.07) is 12.3. The number of benzene rings is 2. The molecule has 5 heteroatoms. The number of rotatable bonds is 2. The molecule has 0 aliphatic carbocycles. The fourth-order valence-corrected chi connectivity index (χ4v) is 2.73. The molecule has 0 aromatic heterocycles. The lowest BCUT2D eigenvalue weighted by molar-refractivity contribution is -0.262. The van der Waals surface area contributed by atoms with E-state index in [4.69, 9.17) is 9.47 Å². The fourth-order valence-electron chi connectivity index (χ4n) is 2.73. The van der Waals surface area contributed by atoms with Crippen LogP contribution in [0.1, 0.15) is 16.7 Å². The van der Waals surface area contributed by atoms with Crippen LogP contribution >= 0.6 is 0 Å². The molecule has 1 unspecified atom stereocenters. The zero-order chi connectivity index (χ0) is 15.1. The van der Waals surface area contributed by atoms with Crippen LogP contribution in [-0.2, 0) is 16.9 Å². The number of alkyl halides is 3. The normalized spacial score (nSPS) is 21.1. The molecule has 2 aromatic rings. The third-order valence-electron chi connectivity index (χ3n) is 3.72. The fraction of sp³-hybridized carbons (Fsp3) is 0.250. The monoisotopic (exact) mass is 294 g/mol. The van der Waals surface area contributed by atoms with Gasteiger partial charge in [-0.3, -0.25) is 0 Å². The van der Waals surface area contributed by atoms with Crippen molar-refractivity contribution < 1.29 is 22.6 Å². The average Bonchev–Trinajstić information content (AvgIpc) is 2.87. The first-order valence-corrected chi connectivity index (χ1v) is 6.42. The summed E-state index contributed by atoms with van der Waals surface area (Å²) in [5, 5.41) is 0. The summed E-state index contributed by atoms with van der Waals surface area (Å²) < 4.78 is 51.8. The Hall–Kier alpha value is -2.01. The molecule has 0 fully saturated rings. The Morgan fingerprint density at radius 2 is 1.81 bits per heavy atom. The van der Waals surface area contributed by atoms with Gasteiger partial charge in [0.1, 0.15) is 5.75 Å². The maximum absolute atomic E-state index is 13.8. The lowest BCUT2D eigenvalue weighted by Crippen LogP contribution is -2.43. The van der Waals surface area contributed by atoms with E-state index >= 15 is 0 Å². The summed E-state index contributed by atoms with van der Waals surface area (Å²) in [4.78, 5) is 0. The minimum absolute atomic E-state index is 0.0846. The molecule has 2 aromatic carbocycles. The van der Waals surface area contributed by atoms with E-state index in [-0.39, 0.29) is 17.7 Å². The SMILES string of the molecule is COc1ccc2c(c1)COC2(c1ccccc1)C(F)(F)F. The first-order chi connectivity index (χ1) is 9.99. The van der Waals surface area contributed by atoms with Gasteiger partial charge < -0.3 is 9.47 Å². The molecule has 21 heavy (non-hydrogen) atoms. The molecule has 1 heterocycles. The number of hydrogen-bond donors (Lipinski definition) is 0. The topological polar surface area (TPSA) is 18.5 Å². The van der Waals surface area contributed by atoms with Crippen LogP contribution in [0, 0.1) is 0 Å². The van der Waals surface area contributed by atoms with Crippen molar-refractivity contribution in [1.82, 2.24) is 0 Å². The number of halogens is 3. The zero-order valence-corrected chi connectivity index (χ0v) is 11.3. The van der Waals surface area contributed by atoms with Crippen LogP contribution in [0.2, 0.25) is 0 Å². The van der Waals surface area contributed by atoms with Gasteiger partial charge in [0.2, 0.25) is 5.60 Å². The Morgan fingerprint density at radius 1 is 1.10 bits per heavy atom. The molecular weight excluding hydrogens is 281 g/mol. The van der Waals surface area contributed by atoms with Crippen LogP contribution in [0.5, 0.6) is 5.75 Å². The van der Waals surface area contributed by atoms with E-state index in [0.717, 1.165) is 0 Å². The van der Waals surface area contributed by atoms with Crippen molar-refractivity contribution in [3.05, 3.63) is 65.2 Å². The Kier molecular flexibility index (Phi) is 3.17. The highest BCUT2D eigenvalue weighted by atomic mass is 19.4. The number of fused-ring (bicyclic) bond motifs is 1. The van der Waals surface area contributed by atoms with Gasteiger partial charge in [-0.2, -0.15) is 13.2 Å². The second-order valence-electron chi connectivity index (χ2n) is 4.86. The van der Waals surface area contributed by atoms with E-state index in [9.17, 15) is 13.2 Å². The van der Waals surface area contributed by atoms with Crippen LogP contribution in [0.25, 0.3) is 0 Å². The van der Waals surface area contributed by atoms with Gasteiger partial charge in [-0.25, -0.2) is 0 Å². The summed E-state index contributed by atoms with van der Waals surface area (Å²) in [6.07, 6.45) is -4.55. The molecule has 0 saturated carbocycles. The molecule has 0 N–H and O–H groups in total. The van der Waals surface area contributed by atoms with Crippen LogP contribution < -0.4 is 4.74 Å². The minimum atomic E-state index is -4.55. The van der Waals surface area contributed by atoms with Gasteiger partial charge in [-0.15, -0.1) is 0 Å². The van der Waals surface area contributed by atoms with E-state index in [1.54, 1.807) is 24.3 Å². The molecule has 1 aliphatic heterocycles. The molecule has 3 rings (SSSR count).